The van der Waals surface area contributed by atoms with E-state index in [1.165, 1.54) is 39.2 Å². The van der Waals surface area contributed by atoms with E-state index in [-0.39, 0.29) is 23.8 Å². The fourth-order valence-electron chi connectivity index (χ4n) is 5.82. The molecule has 1 aromatic carbocycles. The molecule has 37 heavy (non-hydrogen) atoms. The van der Waals surface area contributed by atoms with Gasteiger partial charge < -0.3 is 24.8 Å². The van der Waals surface area contributed by atoms with Crippen molar-refractivity contribution in [3.63, 3.8) is 0 Å². The highest BCUT2D eigenvalue weighted by Gasteiger charge is 2.33. The van der Waals surface area contributed by atoms with Gasteiger partial charge in [0.2, 0.25) is 5.91 Å². The van der Waals surface area contributed by atoms with E-state index in [1.807, 2.05) is 29.2 Å². The number of halogens is 1. The molecule has 1 saturated heterocycles. The van der Waals surface area contributed by atoms with Gasteiger partial charge in [-0.25, -0.2) is 4.79 Å². The molecule has 4 atom stereocenters. The van der Waals surface area contributed by atoms with Gasteiger partial charge in [-0.3, -0.25) is 4.79 Å². The highest BCUT2D eigenvalue weighted by molar-refractivity contribution is 6.30. The number of hydrogen-bond acceptors (Lipinski definition) is 5. The number of likely N-dealkylation sites (tertiary alicyclic amines) is 1. The molecule has 3 rings (SSSR count). The molecule has 1 saturated carbocycles. The van der Waals surface area contributed by atoms with Crippen molar-refractivity contribution >= 4 is 23.6 Å². The molecule has 0 radical (unpaired) electrons. The van der Waals surface area contributed by atoms with Gasteiger partial charge in [-0.15, -0.1) is 6.58 Å². The number of ether oxygens (including phenoxy) is 2. The average molecular weight is 535 g/mol. The highest BCUT2D eigenvalue weighted by Crippen LogP contribution is 2.35. The van der Waals surface area contributed by atoms with Gasteiger partial charge in [-0.1, -0.05) is 61.9 Å². The number of hydrogen-bond donors (Lipinski definition) is 2. The molecule has 7 nitrogen and oxygen atoms in total. The SMILES string of the molecule is C=CC(O)C(CC(=O)N1CCCC(C(OCCNC(=O)OC)c2cccc(Cl)c2)C1)CC1CCCCC1. The minimum absolute atomic E-state index is 0.0867. The van der Waals surface area contributed by atoms with Gasteiger partial charge in [-0.2, -0.15) is 0 Å². The van der Waals surface area contributed by atoms with Gasteiger partial charge in [0.15, 0.2) is 0 Å². The van der Waals surface area contributed by atoms with Crippen molar-refractivity contribution in [2.75, 3.05) is 33.4 Å². The monoisotopic (exact) mass is 534 g/mol. The van der Waals surface area contributed by atoms with Crippen molar-refractivity contribution in [2.45, 2.75) is 70.0 Å². The number of nitrogens with one attached hydrogen (secondary N) is 1. The zero-order valence-corrected chi connectivity index (χ0v) is 22.8. The number of methoxy groups -OCH3 is 1. The largest absolute Gasteiger partial charge is 0.453 e. The van der Waals surface area contributed by atoms with E-state index in [4.69, 9.17) is 16.3 Å². The number of amides is 2. The van der Waals surface area contributed by atoms with Crippen LogP contribution in [-0.4, -0.2) is 61.5 Å². The Morgan fingerprint density at radius 3 is 2.73 bits per heavy atom. The second-order valence-electron chi connectivity index (χ2n) is 10.4. The zero-order valence-electron chi connectivity index (χ0n) is 22.1. The summed E-state index contributed by atoms with van der Waals surface area (Å²) < 4.78 is 10.9. The van der Waals surface area contributed by atoms with Crippen LogP contribution < -0.4 is 5.32 Å². The van der Waals surface area contributed by atoms with Crippen molar-refractivity contribution in [2.24, 2.45) is 17.8 Å². The van der Waals surface area contributed by atoms with Crippen LogP contribution in [0.2, 0.25) is 5.02 Å². The number of rotatable bonds is 12. The van der Waals surface area contributed by atoms with E-state index in [0.29, 0.717) is 43.6 Å². The summed E-state index contributed by atoms with van der Waals surface area (Å²) in [7, 11) is 1.33. The molecule has 2 N–H and O–H groups in total. The molecule has 2 amide bonds. The van der Waals surface area contributed by atoms with E-state index in [0.717, 1.165) is 24.8 Å². The third-order valence-corrected chi connectivity index (χ3v) is 8.03. The second-order valence-corrected chi connectivity index (χ2v) is 10.9. The van der Waals surface area contributed by atoms with Crippen LogP contribution in [0.15, 0.2) is 36.9 Å². The Hall–Kier alpha value is -2.09. The summed E-state index contributed by atoms with van der Waals surface area (Å²) in [5.41, 5.74) is 0.960. The first-order chi connectivity index (χ1) is 17.9. The molecule has 1 heterocycles. The summed E-state index contributed by atoms with van der Waals surface area (Å²) in [5, 5.41) is 13.9. The van der Waals surface area contributed by atoms with Crippen molar-refractivity contribution in [1.29, 1.82) is 0 Å². The molecule has 206 valence electrons. The van der Waals surface area contributed by atoms with Gasteiger partial charge in [0, 0.05) is 37.0 Å². The van der Waals surface area contributed by atoms with Gasteiger partial charge in [0.05, 0.1) is 25.9 Å². The second kappa shape index (κ2) is 15.4. The van der Waals surface area contributed by atoms with Crippen molar-refractivity contribution in [1.82, 2.24) is 10.2 Å². The summed E-state index contributed by atoms with van der Waals surface area (Å²) >= 11 is 6.28. The highest BCUT2D eigenvalue weighted by atomic mass is 35.5. The fraction of sp³-hybridized carbons (Fsp3) is 0.655. The Kier molecular flexibility index (Phi) is 12.2. The van der Waals surface area contributed by atoms with Gasteiger partial charge in [-0.05, 0) is 48.8 Å². The maximum absolute atomic E-state index is 13.5. The molecule has 1 aliphatic heterocycles. The van der Waals surface area contributed by atoms with E-state index < -0.39 is 12.2 Å². The number of carbonyl (C=O) groups is 2. The molecule has 0 aromatic heterocycles. The van der Waals surface area contributed by atoms with Crippen LogP contribution in [0.4, 0.5) is 4.79 Å². The van der Waals surface area contributed by atoms with Crippen LogP contribution in [0.1, 0.15) is 69.5 Å². The lowest BCUT2D eigenvalue weighted by Crippen LogP contribution is -2.43. The smallest absolute Gasteiger partial charge is 0.406 e. The van der Waals surface area contributed by atoms with E-state index in [2.05, 4.69) is 16.6 Å². The first kappa shape index (κ1) is 29.5. The van der Waals surface area contributed by atoms with Crippen LogP contribution in [0.5, 0.6) is 0 Å². The molecule has 2 fully saturated rings. The van der Waals surface area contributed by atoms with E-state index >= 15 is 0 Å². The number of carbonyl (C=O) groups excluding carboxylic acids is 2. The van der Waals surface area contributed by atoms with E-state index in [9.17, 15) is 14.7 Å². The van der Waals surface area contributed by atoms with E-state index in [1.54, 1.807) is 6.08 Å². The number of nitrogens with zero attached hydrogens (tertiary/aromatic N) is 1. The first-order valence-corrected chi connectivity index (χ1v) is 14.1. The number of piperidine rings is 1. The lowest BCUT2D eigenvalue weighted by molar-refractivity contribution is -0.136. The summed E-state index contributed by atoms with van der Waals surface area (Å²) in [6, 6.07) is 7.63. The Bertz CT molecular complexity index is 876. The van der Waals surface area contributed by atoms with Crippen molar-refractivity contribution in [3.8, 4) is 0 Å². The Labute approximate surface area is 226 Å². The molecule has 1 aromatic rings. The third kappa shape index (κ3) is 9.31. The van der Waals surface area contributed by atoms with Crippen molar-refractivity contribution < 1.29 is 24.2 Å². The maximum Gasteiger partial charge on any atom is 0.406 e. The summed E-state index contributed by atoms with van der Waals surface area (Å²) in [6.07, 6.45) is 9.30. The molecule has 0 spiro atoms. The number of alkyl carbamates (subject to hydrolysis) is 1. The molecule has 2 aliphatic rings. The number of aliphatic hydroxyl groups is 1. The van der Waals surface area contributed by atoms with Crippen LogP contribution in [0.25, 0.3) is 0 Å². The Balaban J connectivity index is 1.65. The van der Waals surface area contributed by atoms with Gasteiger partial charge in [0.25, 0.3) is 0 Å². The molecular weight excluding hydrogens is 492 g/mol. The van der Waals surface area contributed by atoms with Crippen LogP contribution in [-0.2, 0) is 14.3 Å². The quantitative estimate of drug-likeness (QED) is 0.272. The summed E-state index contributed by atoms with van der Waals surface area (Å²) in [4.78, 5) is 26.8. The van der Waals surface area contributed by atoms with Crippen LogP contribution >= 0.6 is 11.6 Å². The Morgan fingerprint density at radius 1 is 1.24 bits per heavy atom. The summed E-state index contributed by atoms with van der Waals surface area (Å²) in [6.45, 7) is 5.71. The first-order valence-electron chi connectivity index (χ1n) is 13.7. The average Bonchev–Trinajstić information content (AvgIpc) is 2.92. The zero-order chi connectivity index (χ0) is 26.6. The van der Waals surface area contributed by atoms with Gasteiger partial charge in [0.1, 0.15) is 0 Å². The third-order valence-electron chi connectivity index (χ3n) is 7.79. The van der Waals surface area contributed by atoms with Crippen LogP contribution in [0, 0.1) is 17.8 Å². The number of benzene rings is 1. The Morgan fingerprint density at radius 2 is 2.03 bits per heavy atom. The lowest BCUT2D eigenvalue weighted by Gasteiger charge is -2.38. The molecule has 8 heteroatoms. The minimum atomic E-state index is -0.670. The van der Waals surface area contributed by atoms with Gasteiger partial charge >= 0.3 is 6.09 Å². The normalized spacial score (nSPS) is 21.1. The molecular formula is C29H43ClN2O5. The fourth-order valence-corrected chi connectivity index (χ4v) is 6.02. The maximum atomic E-state index is 13.5. The lowest BCUT2D eigenvalue weighted by atomic mass is 9.79. The molecule has 1 aliphatic carbocycles. The molecule has 4 unspecified atom stereocenters. The predicted molar refractivity (Wildman–Crippen MR) is 145 cm³/mol. The minimum Gasteiger partial charge on any atom is -0.453 e. The molecule has 0 bridgehead atoms. The topological polar surface area (TPSA) is 88.1 Å². The standard InChI is InChI=1S/C29H43ClN2O5/c1-3-26(33)24(17-21-9-5-4-6-10-21)19-27(34)32-15-8-12-23(20-32)28(22-11-7-13-25(30)18-22)37-16-14-31-29(35)36-2/h3,7,11,13,18,21,23-24,26,28,33H,1,4-6,8-10,12,14-17,19-20H2,2H3,(H,31,35). The van der Waals surface area contributed by atoms with Crippen LogP contribution in [0.3, 0.4) is 0 Å². The predicted octanol–water partition coefficient (Wildman–Crippen LogP) is 5.52. The number of aliphatic hydroxyl groups excluding tert-OH is 1. The van der Waals surface area contributed by atoms with Crippen molar-refractivity contribution in [3.05, 3.63) is 47.5 Å². The summed E-state index contributed by atoms with van der Waals surface area (Å²) in [5.74, 6) is 0.659.